The number of sulfonamides is 1. The van der Waals surface area contributed by atoms with Gasteiger partial charge >= 0.3 is 5.97 Å². The second kappa shape index (κ2) is 10.0. The Morgan fingerprint density at radius 3 is 2.50 bits per heavy atom. The molecule has 0 heterocycles. The molecule has 24 heavy (non-hydrogen) atoms. The van der Waals surface area contributed by atoms with Crippen molar-refractivity contribution in [3.8, 4) is 0 Å². The molecule has 134 valence electrons. The molecule has 0 bridgehead atoms. The van der Waals surface area contributed by atoms with E-state index in [4.69, 9.17) is 4.74 Å². The Bertz CT molecular complexity index is 633. The number of carboxylic acid groups (broad SMARTS) is 1. The fourth-order valence-electron chi connectivity index (χ4n) is 1.86. The van der Waals surface area contributed by atoms with Crippen LogP contribution in [-0.4, -0.2) is 57.0 Å². The first-order valence-corrected chi connectivity index (χ1v) is 9.10. The molecule has 0 aliphatic carbocycles. The lowest BCUT2D eigenvalue weighted by Crippen LogP contribution is -2.47. The first kappa shape index (κ1) is 20.1. The van der Waals surface area contributed by atoms with E-state index >= 15 is 0 Å². The average Bonchev–Trinajstić information content (AvgIpc) is 2.53. The van der Waals surface area contributed by atoms with Crippen molar-refractivity contribution in [1.82, 2.24) is 10.0 Å². The van der Waals surface area contributed by atoms with Gasteiger partial charge in [0.05, 0.1) is 18.9 Å². The smallest absolute Gasteiger partial charge is 0.326 e. The molecule has 0 saturated carbocycles. The Morgan fingerprint density at radius 1 is 1.25 bits per heavy atom. The van der Waals surface area contributed by atoms with Crippen molar-refractivity contribution in [2.45, 2.75) is 19.4 Å². The van der Waals surface area contributed by atoms with E-state index in [9.17, 15) is 23.1 Å². The van der Waals surface area contributed by atoms with Crippen molar-refractivity contribution in [2.24, 2.45) is 0 Å². The third kappa shape index (κ3) is 8.04. The highest BCUT2D eigenvalue weighted by Crippen LogP contribution is 2.03. The Kier molecular flexibility index (Phi) is 8.37. The summed E-state index contributed by atoms with van der Waals surface area (Å²) in [7, 11) is -3.65. The van der Waals surface area contributed by atoms with Crippen LogP contribution in [0.25, 0.3) is 0 Å². The summed E-state index contributed by atoms with van der Waals surface area (Å²) < 4.78 is 30.3. The minimum absolute atomic E-state index is 0.0270. The Morgan fingerprint density at radius 2 is 1.92 bits per heavy atom. The molecule has 1 atom stereocenters. The van der Waals surface area contributed by atoms with Crippen LogP contribution in [0.1, 0.15) is 12.5 Å². The number of ether oxygens (including phenoxy) is 1. The molecule has 0 saturated heterocycles. The van der Waals surface area contributed by atoms with Gasteiger partial charge in [0, 0.05) is 13.0 Å². The Balaban J connectivity index is 2.50. The van der Waals surface area contributed by atoms with Crippen LogP contribution in [0.15, 0.2) is 30.3 Å². The maximum absolute atomic E-state index is 11.8. The van der Waals surface area contributed by atoms with E-state index in [0.717, 1.165) is 5.56 Å². The highest BCUT2D eigenvalue weighted by atomic mass is 32.2. The van der Waals surface area contributed by atoms with Crippen molar-refractivity contribution in [2.75, 3.05) is 25.5 Å². The van der Waals surface area contributed by atoms with E-state index < -0.39 is 34.5 Å². The summed E-state index contributed by atoms with van der Waals surface area (Å²) in [6.07, 6.45) is 0.110. The molecule has 0 fully saturated rings. The zero-order valence-electron chi connectivity index (χ0n) is 13.4. The maximum atomic E-state index is 11.8. The SMILES string of the molecule is CCOCCS(=O)(=O)NCC(=O)N[C@H](Cc1ccccc1)C(=O)O. The Labute approximate surface area is 141 Å². The van der Waals surface area contributed by atoms with Crippen molar-refractivity contribution < 1.29 is 27.9 Å². The summed E-state index contributed by atoms with van der Waals surface area (Å²) in [5.74, 6) is -2.16. The van der Waals surface area contributed by atoms with Crippen molar-refractivity contribution in [3.63, 3.8) is 0 Å². The number of amides is 1. The van der Waals surface area contributed by atoms with Gasteiger partial charge in [-0.15, -0.1) is 0 Å². The van der Waals surface area contributed by atoms with Crippen LogP contribution in [0, 0.1) is 0 Å². The molecule has 9 heteroatoms. The van der Waals surface area contributed by atoms with Crippen LogP contribution in [0.3, 0.4) is 0 Å². The van der Waals surface area contributed by atoms with Gasteiger partial charge in [-0.05, 0) is 12.5 Å². The lowest BCUT2D eigenvalue weighted by molar-refractivity contribution is -0.141. The van der Waals surface area contributed by atoms with Gasteiger partial charge in [0.15, 0.2) is 0 Å². The molecule has 0 aromatic heterocycles. The van der Waals surface area contributed by atoms with Crippen LogP contribution < -0.4 is 10.0 Å². The topological polar surface area (TPSA) is 122 Å². The van der Waals surface area contributed by atoms with Crippen LogP contribution in [0.2, 0.25) is 0 Å². The summed E-state index contributed by atoms with van der Waals surface area (Å²) in [6.45, 7) is 1.65. The summed E-state index contributed by atoms with van der Waals surface area (Å²) in [6, 6.07) is 7.70. The third-order valence-electron chi connectivity index (χ3n) is 3.07. The zero-order valence-corrected chi connectivity index (χ0v) is 14.2. The van der Waals surface area contributed by atoms with Gasteiger partial charge in [-0.1, -0.05) is 30.3 Å². The number of rotatable bonds is 11. The number of nitrogens with one attached hydrogen (secondary N) is 2. The third-order valence-corrected chi connectivity index (χ3v) is 4.36. The molecule has 8 nitrogen and oxygen atoms in total. The highest BCUT2D eigenvalue weighted by molar-refractivity contribution is 7.89. The molecule has 1 aromatic rings. The number of aliphatic carboxylic acids is 1. The van der Waals surface area contributed by atoms with Crippen molar-refractivity contribution in [3.05, 3.63) is 35.9 Å². The highest BCUT2D eigenvalue weighted by Gasteiger charge is 2.21. The van der Waals surface area contributed by atoms with E-state index in [2.05, 4.69) is 10.0 Å². The van der Waals surface area contributed by atoms with Gasteiger partial charge in [-0.2, -0.15) is 0 Å². The monoisotopic (exact) mass is 358 g/mol. The minimum atomic E-state index is -3.65. The van der Waals surface area contributed by atoms with Crippen LogP contribution in [0.5, 0.6) is 0 Å². The van der Waals surface area contributed by atoms with E-state index in [1.807, 2.05) is 0 Å². The van der Waals surface area contributed by atoms with E-state index in [0.29, 0.717) is 6.61 Å². The van der Waals surface area contributed by atoms with Gasteiger partial charge in [-0.3, -0.25) is 4.79 Å². The molecule has 1 amide bonds. The molecule has 0 aliphatic rings. The summed E-state index contributed by atoms with van der Waals surface area (Å²) in [5, 5.41) is 11.5. The predicted octanol–water partition coefficient (Wildman–Crippen LogP) is -0.246. The average molecular weight is 358 g/mol. The number of hydrogen-bond acceptors (Lipinski definition) is 5. The molecule has 1 aromatic carbocycles. The number of carbonyl (C=O) groups is 2. The van der Waals surface area contributed by atoms with Crippen LogP contribution >= 0.6 is 0 Å². The predicted molar refractivity (Wildman–Crippen MR) is 88.0 cm³/mol. The van der Waals surface area contributed by atoms with Gasteiger partial charge < -0.3 is 15.2 Å². The molecule has 0 aliphatic heterocycles. The summed E-state index contributed by atoms with van der Waals surface area (Å²) in [4.78, 5) is 23.0. The van der Waals surface area contributed by atoms with Gasteiger partial charge in [0.1, 0.15) is 6.04 Å². The fourth-order valence-corrected chi connectivity index (χ4v) is 2.69. The number of hydrogen-bond donors (Lipinski definition) is 3. The summed E-state index contributed by atoms with van der Waals surface area (Å²) >= 11 is 0. The molecule has 1 rings (SSSR count). The summed E-state index contributed by atoms with van der Waals surface area (Å²) in [5.41, 5.74) is 0.752. The molecule has 3 N–H and O–H groups in total. The van der Waals surface area contributed by atoms with Crippen LogP contribution in [-0.2, 0) is 30.8 Å². The Hall–Kier alpha value is -1.97. The van der Waals surface area contributed by atoms with Gasteiger partial charge in [-0.25, -0.2) is 17.9 Å². The molecule has 0 spiro atoms. The van der Waals surface area contributed by atoms with E-state index in [1.165, 1.54) is 0 Å². The number of benzene rings is 1. The largest absolute Gasteiger partial charge is 0.480 e. The molecular formula is C15H22N2O6S. The standard InChI is InChI=1S/C15H22N2O6S/c1-2-23-8-9-24(21,22)16-11-14(18)17-13(15(19)20)10-12-6-4-3-5-7-12/h3-7,13,16H,2,8-11H2,1H3,(H,17,18)(H,19,20)/t13-/m1/s1. The lowest BCUT2D eigenvalue weighted by atomic mass is 10.1. The van der Waals surface area contributed by atoms with Crippen molar-refractivity contribution >= 4 is 21.9 Å². The normalized spacial score (nSPS) is 12.5. The fraction of sp³-hybridized carbons (Fsp3) is 0.467. The molecule has 0 radical (unpaired) electrons. The van der Waals surface area contributed by atoms with Crippen molar-refractivity contribution in [1.29, 1.82) is 0 Å². The number of carboxylic acids is 1. The van der Waals surface area contributed by atoms with Crippen LogP contribution in [0.4, 0.5) is 0 Å². The van der Waals surface area contributed by atoms with E-state index in [1.54, 1.807) is 37.3 Å². The van der Waals surface area contributed by atoms with Gasteiger partial charge in [0.25, 0.3) is 0 Å². The van der Waals surface area contributed by atoms with E-state index in [-0.39, 0.29) is 18.8 Å². The first-order chi connectivity index (χ1) is 11.3. The maximum Gasteiger partial charge on any atom is 0.326 e. The zero-order chi connectivity index (χ0) is 18.0. The van der Waals surface area contributed by atoms with Gasteiger partial charge in [0.2, 0.25) is 15.9 Å². The first-order valence-electron chi connectivity index (χ1n) is 7.45. The molecular weight excluding hydrogens is 336 g/mol. The molecule has 0 unspecified atom stereocenters. The second-order valence-corrected chi connectivity index (χ2v) is 6.91. The lowest BCUT2D eigenvalue weighted by Gasteiger charge is -2.15. The quantitative estimate of drug-likeness (QED) is 0.469. The second-order valence-electron chi connectivity index (χ2n) is 4.98. The number of carbonyl (C=O) groups excluding carboxylic acids is 1. The minimum Gasteiger partial charge on any atom is -0.480 e.